The van der Waals surface area contributed by atoms with Crippen molar-refractivity contribution in [3.63, 3.8) is 0 Å². The smallest absolute Gasteiger partial charge is 0.340 e. The van der Waals surface area contributed by atoms with Crippen LogP contribution in [-0.2, 0) is 16.1 Å². The lowest BCUT2D eigenvalue weighted by Crippen LogP contribution is -2.10. The van der Waals surface area contributed by atoms with Gasteiger partial charge in [-0.3, -0.25) is 9.78 Å². The van der Waals surface area contributed by atoms with Crippen molar-refractivity contribution in [2.75, 3.05) is 5.32 Å². The summed E-state index contributed by atoms with van der Waals surface area (Å²) < 4.78 is 10.7. The highest BCUT2D eigenvalue weighted by Crippen LogP contribution is 2.23. The minimum atomic E-state index is -0.572. The van der Waals surface area contributed by atoms with Crippen LogP contribution in [0.25, 0.3) is 21.9 Å². The molecule has 0 aliphatic carbocycles. The number of nitrogens with zero attached hydrogens (tertiary/aromatic N) is 1. The van der Waals surface area contributed by atoms with E-state index in [2.05, 4.69) is 10.3 Å². The molecule has 2 heterocycles. The highest BCUT2D eigenvalue weighted by atomic mass is 16.5. The van der Waals surface area contributed by atoms with Gasteiger partial charge in [0.2, 0.25) is 5.91 Å². The zero-order chi connectivity index (χ0) is 22.1. The maximum absolute atomic E-state index is 12.8. The molecule has 0 aliphatic heterocycles. The third-order valence-electron chi connectivity index (χ3n) is 4.89. The van der Waals surface area contributed by atoms with E-state index in [0.29, 0.717) is 33.5 Å². The van der Waals surface area contributed by atoms with Gasteiger partial charge in [-0.25, -0.2) is 9.59 Å². The van der Waals surface area contributed by atoms with Gasteiger partial charge in [-0.05, 0) is 44.2 Å². The standard InChI is InChI=1S/C24H20N2O5/c1-13-4-7-21-16(8-13)9-20(14(2)25-21)24(29)30-12-17-10-23(28)31-22-11-18(26-15(3)27)5-6-19(17)22/h4-11H,12H2,1-3H3,(H,26,27). The Morgan fingerprint density at radius 1 is 1.06 bits per heavy atom. The summed E-state index contributed by atoms with van der Waals surface area (Å²) in [6.07, 6.45) is 0. The molecular weight excluding hydrogens is 396 g/mol. The number of hydrogen-bond donors (Lipinski definition) is 1. The minimum absolute atomic E-state index is 0.105. The Bertz CT molecular complexity index is 1400. The lowest BCUT2D eigenvalue weighted by Gasteiger charge is -2.10. The third kappa shape index (κ3) is 4.30. The molecule has 31 heavy (non-hydrogen) atoms. The molecule has 1 N–H and O–H groups in total. The third-order valence-corrected chi connectivity index (χ3v) is 4.89. The predicted octanol–water partition coefficient (Wildman–Crippen LogP) is 4.27. The molecule has 0 radical (unpaired) electrons. The van der Waals surface area contributed by atoms with Crippen molar-refractivity contribution in [3.05, 3.63) is 81.3 Å². The lowest BCUT2D eigenvalue weighted by atomic mass is 10.1. The molecule has 4 aromatic rings. The quantitative estimate of drug-likeness (QED) is 0.394. The average Bonchev–Trinajstić information content (AvgIpc) is 2.70. The van der Waals surface area contributed by atoms with E-state index in [0.717, 1.165) is 16.5 Å². The first-order chi connectivity index (χ1) is 14.8. The van der Waals surface area contributed by atoms with Crippen molar-refractivity contribution >= 4 is 39.4 Å². The van der Waals surface area contributed by atoms with Crippen LogP contribution in [-0.4, -0.2) is 16.9 Å². The molecule has 0 saturated heterocycles. The lowest BCUT2D eigenvalue weighted by molar-refractivity contribution is -0.114. The Balaban J connectivity index is 1.62. The number of ether oxygens (including phenoxy) is 1. The second kappa shape index (κ2) is 8.02. The van der Waals surface area contributed by atoms with E-state index in [9.17, 15) is 14.4 Å². The van der Waals surface area contributed by atoms with E-state index in [-0.39, 0.29) is 12.5 Å². The summed E-state index contributed by atoms with van der Waals surface area (Å²) in [7, 11) is 0. The van der Waals surface area contributed by atoms with Gasteiger partial charge < -0.3 is 14.5 Å². The largest absolute Gasteiger partial charge is 0.457 e. The zero-order valence-corrected chi connectivity index (χ0v) is 17.3. The van der Waals surface area contributed by atoms with E-state index in [4.69, 9.17) is 9.15 Å². The van der Waals surface area contributed by atoms with Crippen LogP contribution in [0.5, 0.6) is 0 Å². The fraction of sp³-hybridized carbons (Fsp3) is 0.167. The first-order valence-electron chi connectivity index (χ1n) is 9.69. The highest BCUT2D eigenvalue weighted by molar-refractivity contribution is 5.95. The van der Waals surface area contributed by atoms with Gasteiger partial charge in [-0.2, -0.15) is 0 Å². The van der Waals surface area contributed by atoms with Gasteiger partial charge in [0.05, 0.1) is 16.8 Å². The van der Waals surface area contributed by atoms with Crippen LogP contribution in [0.1, 0.15) is 34.1 Å². The van der Waals surface area contributed by atoms with E-state index in [1.807, 2.05) is 25.1 Å². The van der Waals surface area contributed by atoms with Crippen LogP contribution in [0.4, 0.5) is 5.69 Å². The topological polar surface area (TPSA) is 98.5 Å². The Labute approximate surface area is 177 Å². The summed E-state index contributed by atoms with van der Waals surface area (Å²) in [5.41, 5.74) is 3.56. The number of hydrogen-bond acceptors (Lipinski definition) is 6. The fourth-order valence-electron chi connectivity index (χ4n) is 3.45. The van der Waals surface area contributed by atoms with Gasteiger partial charge in [0.1, 0.15) is 12.2 Å². The molecule has 0 saturated carbocycles. The van der Waals surface area contributed by atoms with Gasteiger partial charge >= 0.3 is 11.6 Å². The second-order valence-corrected chi connectivity index (χ2v) is 7.38. The summed E-state index contributed by atoms with van der Waals surface area (Å²) in [6, 6.07) is 13.9. The summed E-state index contributed by atoms with van der Waals surface area (Å²) >= 11 is 0. The Morgan fingerprint density at radius 2 is 1.87 bits per heavy atom. The molecule has 0 unspecified atom stereocenters. The van der Waals surface area contributed by atoms with E-state index in [1.165, 1.54) is 13.0 Å². The molecule has 7 heteroatoms. The predicted molar refractivity (Wildman–Crippen MR) is 117 cm³/mol. The number of rotatable bonds is 4. The van der Waals surface area contributed by atoms with Crippen molar-refractivity contribution in [2.24, 2.45) is 0 Å². The molecule has 1 amide bonds. The number of aromatic nitrogens is 1. The average molecular weight is 416 g/mol. The van der Waals surface area contributed by atoms with E-state index >= 15 is 0 Å². The Hall–Kier alpha value is -4.00. The molecule has 156 valence electrons. The van der Waals surface area contributed by atoms with Crippen LogP contribution in [0, 0.1) is 13.8 Å². The molecule has 2 aromatic carbocycles. The minimum Gasteiger partial charge on any atom is -0.457 e. The maximum atomic E-state index is 12.8. The van der Waals surface area contributed by atoms with Crippen molar-refractivity contribution in [1.29, 1.82) is 0 Å². The maximum Gasteiger partial charge on any atom is 0.340 e. The molecule has 0 spiro atoms. The number of amides is 1. The van der Waals surface area contributed by atoms with Crippen molar-refractivity contribution in [3.8, 4) is 0 Å². The Kier molecular flexibility index (Phi) is 5.25. The number of benzene rings is 2. The van der Waals surface area contributed by atoms with Crippen LogP contribution in [0.3, 0.4) is 0 Å². The van der Waals surface area contributed by atoms with Crippen LogP contribution >= 0.6 is 0 Å². The van der Waals surface area contributed by atoms with Gasteiger partial charge in [0.25, 0.3) is 0 Å². The number of esters is 1. The highest BCUT2D eigenvalue weighted by Gasteiger charge is 2.15. The summed E-state index contributed by atoms with van der Waals surface area (Å²) in [5, 5.41) is 4.11. The Morgan fingerprint density at radius 3 is 2.65 bits per heavy atom. The molecule has 0 fully saturated rings. The molecule has 7 nitrogen and oxygen atoms in total. The fourth-order valence-corrected chi connectivity index (χ4v) is 3.45. The van der Waals surface area contributed by atoms with Gasteiger partial charge in [0.15, 0.2) is 0 Å². The number of pyridine rings is 1. The molecular formula is C24H20N2O5. The molecule has 0 atom stereocenters. The number of carbonyl (C=O) groups is 2. The van der Waals surface area contributed by atoms with E-state index < -0.39 is 11.6 Å². The second-order valence-electron chi connectivity index (χ2n) is 7.38. The first-order valence-corrected chi connectivity index (χ1v) is 9.69. The van der Waals surface area contributed by atoms with E-state index in [1.54, 1.807) is 31.2 Å². The summed E-state index contributed by atoms with van der Waals surface area (Å²) in [5.74, 6) is -0.758. The first kappa shape index (κ1) is 20.3. The molecule has 2 aromatic heterocycles. The SMILES string of the molecule is CC(=O)Nc1ccc2c(COC(=O)c3cc4cc(C)ccc4nc3C)cc(=O)oc2c1. The number of nitrogens with one attached hydrogen (secondary N) is 1. The molecule has 0 aliphatic rings. The van der Waals surface area contributed by atoms with Gasteiger partial charge in [0, 0.05) is 41.1 Å². The number of fused-ring (bicyclic) bond motifs is 2. The van der Waals surface area contributed by atoms with Gasteiger partial charge in [-0.1, -0.05) is 11.6 Å². The van der Waals surface area contributed by atoms with Crippen molar-refractivity contribution in [2.45, 2.75) is 27.4 Å². The number of carbonyl (C=O) groups excluding carboxylic acids is 2. The summed E-state index contributed by atoms with van der Waals surface area (Å²) in [6.45, 7) is 5.01. The van der Waals surface area contributed by atoms with Crippen molar-refractivity contribution in [1.82, 2.24) is 4.98 Å². The monoisotopic (exact) mass is 416 g/mol. The zero-order valence-electron chi connectivity index (χ0n) is 17.3. The van der Waals surface area contributed by atoms with Crippen LogP contribution in [0.2, 0.25) is 0 Å². The number of anilines is 1. The molecule has 0 bridgehead atoms. The normalized spacial score (nSPS) is 10.9. The molecule has 4 rings (SSSR count). The summed E-state index contributed by atoms with van der Waals surface area (Å²) in [4.78, 5) is 40.5. The van der Waals surface area contributed by atoms with Gasteiger partial charge in [-0.15, -0.1) is 0 Å². The van der Waals surface area contributed by atoms with Crippen LogP contribution < -0.4 is 10.9 Å². The van der Waals surface area contributed by atoms with Crippen LogP contribution in [0.15, 0.2) is 57.7 Å². The number of aryl methyl sites for hydroxylation is 2. The van der Waals surface area contributed by atoms with Crippen molar-refractivity contribution < 1.29 is 18.7 Å².